The second-order valence-electron chi connectivity index (χ2n) is 13.8. The number of aryl methyl sites for hydroxylation is 1. The fraction of sp³-hybridized carbons (Fsp3) is 0.658. The highest BCUT2D eigenvalue weighted by Crippen LogP contribution is 2.35. The Morgan fingerprint density at radius 2 is 1.80 bits per heavy atom. The number of sulfonamides is 1. The van der Waals surface area contributed by atoms with Gasteiger partial charge in [-0.2, -0.15) is 0 Å². The first-order valence-electron chi connectivity index (χ1n) is 17.6. The van der Waals surface area contributed by atoms with Crippen molar-refractivity contribution in [3.05, 3.63) is 52.2 Å². The molecule has 0 amide bonds. The van der Waals surface area contributed by atoms with Crippen molar-refractivity contribution in [3.8, 4) is 0 Å². The Kier molecular flexibility index (Phi) is 15.5. The van der Waals surface area contributed by atoms with Crippen molar-refractivity contribution >= 4 is 28.2 Å². The highest BCUT2D eigenvalue weighted by Gasteiger charge is 2.23. The lowest BCUT2D eigenvalue weighted by molar-refractivity contribution is -0.122. The van der Waals surface area contributed by atoms with Gasteiger partial charge in [0.2, 0.25) is 10.0 Å². The summed E-state index contributed by atoms with van der Waals surface area (Å²) in [7, 11) is 1.59. The van der Waals surface area contributed by atoms with Crippen molar-refractivity contribution in [1.82, 2.24) is 9.62 Å². The zero-order valence-corrected chi connectivity index (χ0v) is 30.5. The molecular weight excluding hydrogens is 593 g/mol. The van der Waals surface area contributed by atoms with Gasteiger partial charge in [0.05, 0.1) is 16.8 Å². The van der Waals surface area contributed by atoms with E-state index in [1.54, 1.807) is 26.2 Å². The van der Waals surface area contributed by atoms with Gasteiger partial charge in [0, 0.05) is 44.4 Å². The molecular formula is C38H60N4O3S. The van der Waals surface area contributed by atoms with E-state index in [4.69, 9.17) is 9.98 Å². The van der Waals surface area contributed by atoms with E-state index in [-0.39, 0.29) is 12.1 Å². The third-order valence-electron chi connectivity index (χ3n) is 10.1. The van der Waals surface area contributed by atoms with E-state index < -0.39 is 10.0 Å². The molecule has 1 aromatic rings. The number of hydrogen-bond acceptors (Lipinski definition) is 6. The van der Waals surface area contributed by atoms with Crippen molar-refractivity contribution in [2.24, 2.45) is 27.7 Å². The van der Waals surface area contributed by atoms with Gasteiger partial charge in [-0.15, -0.1) is 0 Å². The van der Waals surface area contributed by atoms with Crippen LogP contribution >= 0.6 is 0 Å². The molecule has 7 nitrogen and oxygen atoms in total. The number of Topliss-reactive ketones (excluding diaryl/α,β-unsaturated/α-hetero) is 1. The molecule has 1 N–H and O–H groups in total. The second kappa shape index (κ2) is 18.8. The molecule has 8 heteroatoms. The van der Waals surface area contributed by atoms with Gasteiger partial charge in [0.25, 0.3) is 0 Å². The number of allylic oxidation sites excluding steroid dienone is 3. The number of hydrogen-bond donors (Lipinski definition) is 1. The fourth-order valence-corrected chi connectivity index (χ4v) is 7.74. The Morgan fingerprint density at radius 3 is 2.48 bits per heavy atom. The maximum Gasteiger partial charge on any atom is 0.242 e. The van der Waals surface area contributed by atoms with E-state index in [9.17, 15) is 13.2 Å². The molecule has 1 aliphatic heterocycles. The lowest BCUT2D eigenvalue weighted by Gasteiger charge is -2.25. The molecule has 46 heavy (non-hydrogen) atoms. The zero-order chi connectivity index (χ0) is 33.7. The number of nitrogens with zero attached hydrogens (tertiary/aromatic N) is 3. The molecule has 0 bridgehead atoms. The average Bonchev–Trinajstić information content (AvgIpc) is 3.02. The van der Waals surface area contributed by atoms with Gasteiger partial charge in [-0.05, 0) is 121 Å². The SMILES string of the molecule is CNC(C)N=C/C1=C(\C)C(C)CCC=NC1=C1CCCC(CCC(C)C(=O)CCCCc2ccccc2S(=O)(=O)N(C)C)CCC1. The minimum absolute atomic E-state index is 0.0698. The van der Waals surface area contributed by atoms with Crippen LogP contribution in [0.5, 0.6) is 0 Å². The third kappa shape index (κ3) is 11.1. The molecule has 0 spiro atoms. The van der Waals surface area contributed by atoms with Gasteiger partial charge in [0.1, 0.15) is 5.78 Å². The number of carbonyl (C=O) groups is 1. The van der Waals surface area contributed by atoms with Crippen molar-refractivity contribution in [1.29, 1.82) is 0 Å². The lowest BCUT2D eigenvalue weighted by Crippen LogP contribution is -2.23. The van der Waals surface area contributed by atoms with Crippen LogP contribution in [0.25, 0.3) is 0 Å². The van der Waals surface area contributed by atoms with Gasteiger partial charge < -0.3 is 0 Å². The summed E-state index contributed by atoms with van der Waals surface area (Å²) in [6, 6.07) is 7.21. The Morgan fingerprint density at radius 1 is 1.11 bits per heavy atom. The molecule has 1 saturated carbocycles. The minimum Gasteiger partial charge on any atom is -0.299 e. The first-order valence-corrected chi connectivity index (χ1v) is 19.1. The summed E-state index contributed by atoms with van der Waals surface area (Å²) >= 11 is 0. The molecule has 2 aliphatic rings. The van der Waals surface area contributed by atoms with Crippen molar-refractivity contribution in [2.45, 2.75) is 129 Å². The van der Waals surface area contributed by atoms with Crippen LogP contribution in [0.1, 0.15) is 117 Å². The van der Waals surface area contributed by atoms with E-state index in [0.29, 0.717) is 35.4 Å². The molecule has 1 heterocycles. The van der Waals surface area contributed by atoms with Crippen LogP contribution in [0, 0.1) is 17.8 Å². The number of unbranched alkanes of at least 4 members (excludes halogenated alkanes) is 1. The monoisotopic (exact) mass is 652 g/mol. The maximum atomic E-state index is 13.0. The molecule has 1 aliphatic carbocycles. The summed E-state index contributed by atoms with van der Waals surface area (Å²) in [6.45, 7) is 8.75. The molecule has 3 rings (SSSR count). The summed E-state index contributed by atoms with van der Waals surface area (Å²) in [5.41, 5.74) is 6.08. The predicted molar refractivity (Wildman–Crippen MR) is 193 cm³/mol. The Bertz CT molecular complexity index is 1360. The highest BCUT2D eigenvalue weighted by atomic mass is 32.2. The highest BCUT2D eigenvalue weighted by molar-refractivity contribution is 7.89. The maximum absolute atomic E-state index is 13.0. The Labute approximate surface area is 280 Å². The zero-order valence-electron chi connectivity index (χ0n) is 29.6. The molecule has 256 valence electrons. The molecule has 0 radical (unpaired) electrons. The Hall–Kier alpha value is -2.42. The van der Waals surface area contributed by atoms with Crippen LogP contribution in [0.4, 0.5) is 0 Å². The van der Waals surface area contributed by atoms with E-state index in [1.165, 1.54) is 33.9 Å². The fourth-order valence-electron chi connectivity index (χ4n) is 6.59. The summed E-state index contributed by atoms with van der Waals surface area (Å²) in [4.78, 5) is 23.2. The van der Waals surface area contributed by atoms with Gasteiger partial charge in [-0.3, -0.25) is 20.1 Å². The van der Waals surface area contributed by atoms with Crippen molar-refractivity contribution in [3.63, 3.8) is 0 Å². The Balaban J connectivity index is 1.51. The molecule has 1 aromatic carbocycles. The van der Waals surface area contributed by atoms with Gasteiger partial charge in [-0.1, -0.05) is 50.5 Å². The molecule has 3 atom stereocenters. The van der Waals surface area contributed by atoms with Crippen LogP contribution in [0.15, 0.2) is 61.6 Å². The van der Waals surface area contributed by atoms with Crippen LogP contribution in [-0.2, 0) is 21.2 Å². The van der Waals surface area contributed by atoms with Gasteiger partial charge in [-0.25, -0.2) is 12.7 Å². The smallest absolute Gasteiger partial charge is 0.242 e. The first-order chi connectivity index (χ1) is 21.9. The normalized spacial score (nSPS) is 23.2. The molecule has 0 aromatic heterocycles. The largest absolute Gasteiger partial charge is 0.299 e. The lowest BCUT2D eigenvalue weighted by atomic mass is 9.82. The summed E-state index contributed by atoms with van der Waals surface area (Å²) in [5.74, 6) is 1.60. The van der Waals surface area contributed by atoms with E-state index in [1.807, 2.05) is 19.2 Å². The third-order valence-corrected chi connectivity index (χ3v) is 12.1. The number of aliphatic imine (C=N–C) groups is 2. The number of rotatable bonds is 14. The molecule has 1 fully saturated rings. The first kappa shape index (κ1) is 38.0. The average molecular weight is 653 g/mol. The van der Waals surface area contributed by atoms with Crippen molar-refractivity contribution < 1.29 is 13.2 Å². The van der Waals surface area contributed by atoms with Crippen LogP contribution in [0.3, 0.4) is 0 Å². The van der Waals surface area contributed by atoms with E-state index in [2.05, 4.69) is 45.4 Å². The summed E-state index contributed by atoms with van der Waals surface area (Å²) in [6.07, 6.45) is 18.2. The number of benzene rings is 1. The van der Waals surface area contributed by atoms with E-state index >= 15 is 0 Å². The van der Waals surface area contributed by atoms with Crippen LogP contribution < -0.4 is 5.32 Å². The van der Waals surface area contributed by atoms with Gasteiger partial charge in [0.15, 0.2) is 0 Å². The quantitative estimate of drug-likeness (QED) is 0.162. The molecule has 3 unspecified atom stereocenters. The van der Waals surface area contributed by atoms with Crippen LogP contribution in [0.2, 0.25) is 0 Å². The number of carbonyl (C=O) groups excluding carboxylic acids is 1. The topological polar surface area (TPSA) is 91.2 Å². The second-order valence-corrected chi connectivity index (χ2v) is 15.9. The number of ketones is 1. The summed E-state index contributed by atoms with van der Waals surface area (Å²) < 4.78 is 26.6. The molecule has 0 saturated heterocycles. The minimum atomic E-state index is -3.47. The standard InChI is InChI=1S/C38H60N4O3S/c1-28-15-14-26-40-38(35(30(28)3)27-41-31(4)39-5)34-20-12-16-32(17-13-21-34)25-24-29(2)36(43)22-10-8-18-33-19-9-11-23-37(33)46(44,45)42(6)7/h9,11,19,23,26-29,31-32,39H,8,10,12-18,20-22,24-25H2,1-7H3/b35-30-,38-34?,40-26?,41-27?. The van der Waals surface area contributed by atoms with Crippen LogP contribution in [-0.4, -0.2) is 58.2 Å². The predicted octanol–water partition coefficient (Wildman–Crippen LogP) is 8.31. The van der Waals surface area contributed by atoms with E-state index in [0.717, 1.165) is 75.5 Å². The summed E-state index contributed by atoms with van der Waals surface area (Å²) in [5, 5.41) is 3.21. The number of nitrogens with one attached hydrogen (secondary N) is 1. The van der Waals surface area contributed by atoms with Gasteiger partial charge >= 0.3 is 0 Å². The van der Waals surface area contributed by atoms with Crippen molar-refractivity contribution in [2.75, 3.05) is 21.1 Å².